The Bertz CT molecular complexity index is 540. The molecule has 1 fully saturated rings. The van der Waals surface area contributed by atoms with Crippen molar-refractivity contribution in [1.82, 2.24) is 0 Å². The van der Waals surface area contributed by atoms with E-state index in [1.165, 1.54) is 0 Å². The monoisotopic (exact) mass is 292 g/mol. The van der Waals surface area contributed by atoms with Gasteiger partial charge in [-0.3, -0.25) is 0 Å². The fourth-order valence-corrected chi connectivity index (χ4v) is 2.28. The van der Waals surface area contributed by atoms with Crippen LogP contribution in [-0.2, 0) is 14.3 Å². The zero-order valence-electron chi connectivity index (χ0n) is 12.6. The number of hydrogen-bond donors (Lipinski definition) is 0. The standard InChI is InChI=1S/C16H20O5/c1-4-20-16(17)15(13-6-5-9-21-13)12-8-7-11(18-2)10-14(12)19-3/h7-8,10H,4-6,9H2,1-3H3/b15-13+. The Balaban J connectivity index is 2.51. The van der Waals surface area contributed by atoms with Crippen LogP contribution in [0.3, 0.4) is 0 Å². The van der Waals surface area contributed by atoms with Crippen molar-refractivity contribution in [3.63, 3.8) is 0 Å². The lowest BCUT2D eigenvalue weighted by atomic mass is 10.0. The van der Waals surface area contributed by atoms with E-state index >= 15 is 0 Å². The summed E-state index contributed by atoms with van der Waals surface area (Å²) in [7, 11) is 3.14. The van der Waals surface area contributed by atoms with Crippen LogP contribution >= 0.6 is 0 Å². The summed E-state index contributed by atoms with van der Waals surface area (Å²) in [6, 6.07) is 5.31. The number of esters is 1. The van der Waals surface area contributed by atoms with E-state index in [1.54, 1.807) is 39.3 Å². The predicted molar refractivity (Wildman–Crippen MR) is 78.3 cm³/mol. The summed E-state index contributed by atoms with van der Waals surface area (Å²) < 4.78 is 21.3. The second kappa shape index (κ2) is 7.02. The molecule has 5 heteroatoms. The van der Waals surface area contributed by atoms with Crippen LogP contribution in [0.2, 0.25) is 0 Å². The topological polar surface area (TPSA) is 54.0 Å². The zero-order valence-corrected chi connectivity index (χ0v) is 12.6. The maximum Gasteiger partial charge on any atom is 0.342 e. The van der Waals surface area contributed by atoms with Gasteiger partial charge in [0.05, 0.1) is 27.4 Å². The van der Waals surface area contributed by atoms with Gasteiger partial charge in [-0.15, -0.1) is 0 Å². The van der Waals surface area contributed by atoms with Gasteiger partial charge in [-0.2, -0.15) is 0 Å². The van der Waals surface area contributed by atoms with Crippen molar-refractivity contribution in [2.75, 3.05) is 27.4 Å². The van der Waals surface area contributed by atoms with E-state index in [0.717, 1.165) is 12.8 Å². The van der Waals surface area contributed by atoms with Crippen LogP contribution in [0.5, 0.6) is 11.5 Å². The molecule has 1 heterocycles. The minimum absolute atomic E-state index is 0.314. The number of carbonyl (C=O) groups is 1. The Kier molecular flexibility index (Phi) is 5.09. The van der Waals surface area contributed by atoms with Crippen LogP contribution in [-0.4, -0.2) is 33.4 Å². The molecule has 0 bridgehead atoms. The average molecular weight is 292 g/mol. The van der Waals surface area contributed by atoms with E-state index in [0.29, 0.717) is 41.6 Å². The fourth-order valence-electron chi connectivity index (χ4n) is 2.28. The van der Waals surface area contributed by atoms with E-state index in [9.17, 15) is 4.79 Å². The zero-order chi connectivity index (χ0) is 15.2. The molecule has 0 N–H and O–H groups in total. The summed E-state index contributed by atoms with van der Waals surface area (Å²) in [6.07, 6.45) is 1.63. The van der Waals surface area contributed by atoms with Gasteiger partial charge in [0, 0.05) is 18.1 Å². The van der Waals surface area contributed by atoms with Crippen LogP contribution in [0.1, 0.15) is 25.3 Å². The Morgan fingerprint density at radius 1 is 1.29 bits per heavy atom. The first kappa shape index (κ1) is 15.2. The van der Waals surface area contributed by atoms with Crippen molar-refractivity contribution in [2.45, 2.75) is 19.8 Å². The van der Waals surface area contributed by atoms with E-state index < -0.39 is 5.97 Å². The number of benzene rings is 1. The second-order valence-corrected chi connectivity index (χ2v) is 4.54. The Morgan fingerprint density at radius 2 is 2.10 bits per heavy atom. The number of allylic oxidation sites excluding steroid dienone is 1. The van der Waals surface area contributed by atoms with Crippen molar-refractivity contribution >= 4 is 11.5 Å². The van der Waals surface area contributed by atoms with Gasteiger partial charge in [-0.05, 0) is 25.5 Å². The van der Waals surface area contributed by atoms with Crippen LogP contribution < -0.4 is 9.47 Å². The molecule has 0 spiro atoms. The summed E-state index contributed by atoms with van der Waals surface area (Å²) in [5, 5.41) is 0. The molecular weight excluding hydrogens is 272 g/mol. The molecule has 0 amide bonds. The first-order chi connectivity index (χ1) is 10.2. The van der Waals surface area contributed by atoms with Gasteiger partial charge in [0.25, 0.3) is 0 Å². The summed E-state index contributed by atoms with van der Waals surface area (Å²) in [5.41, 5.74) is 1.10. The molecule has 1 aromatic rings. The van der Waals surface area contributed by atoms with E-state index in [2.05, 4.69) is 0 Å². The normalized spacial score (nSPS) is 16.1. The largest absolute Gasteiger partial charge is 0.497 e. The lowest BCUT2D eigenvalue weighted by molar-refractivity contribution is -0.136. The highest BCUT2D eigenvalue weighted by Crippen LogP contribution is 2.35. The van der Waals surface area contributed by atoms with Gasteiger partial charge in [0.2, 0.25) is 0 Å². The van der Waals surface area contributed by atoms with Gasteiger partial charge in [0.1, 0.15) is 22.8 Å². The minimum Gasteiger partial charge on any atom is -0.497 e. The van der Waals surface area contributed by atoms with Crippen LogP contribution in [0.15, 0.2) is 24.0 Å². The lowest BCUT2D eigenvalue weighted by Gasteiger charge is -2.14. The van der Waals surface area contributed by atoms with Gasteiger partial charge in [-0.25, -0.2) is 4.79 Å². The van der Waals surface area contributed by atoms with Crippen molar-refractivity contribution in [1.29, 1.82) is 0 Å². The number of hydrogen-bond acceptors (Lipinski definition) is 5. The first-order valence-corrected chi connectivity index (χ1v) is 6.96. The molecule has 0 atom stereocenters. The molecule has 1 saturated heterocycles. The summed E-state index contributed by atoms with van der Waals surface area (Å²) in [5.74, 6) is 1.49. The highest BCUT2D eigenvalue weighted by atomic mass is 16.5. The average Bonchev–Trinajstić information content (AvgIpc) is 3.02. The maximum atomic E-state index is 12.3. The van der Waals surface area contributed by atoms with Gasteiger partial charge in [0.15, 0.2) is 0 Å². The van der Waals surface area contributed by atoms with E-state index in [1.807, 2.05) is 0 Å². The predicted octanol–water partition coefficient (Wildman–Crippen LogP) is 2.79. The van der Waals surface area contributed by atoms with Crippen LogP contribution in [0, 0.1) is 0 Å². The molecule has 114 valence electrons. The SMILES string of the molecule is CCOC(=O)/C(=C1\CCCO1)c1ccc(OC)cc1OC. The lowest BCUT2D eigenvalue weighted by Crippen LogP contribution is -2.10. The molecule has 5 nitrogen and oxygen atoms in total. The Labute approximate surface area is 124 Å². The molecule has 0 unspecified atom stereocenters. The quantitative estimate of drug-likeness (QED) is 0.617. The highest BCUT2D eigenvalue weighted by Gasteiger charge is 2.25. The molecule has 2 rings (SSSR count). The molecule has 1 aliphatic rings. The van der Waals surface area contributed by atoms with Gasteiger partial charge < -0.3 is 18.9 Å². The van der Waals surface area contributed by atoms with Crippen molar-refractivity contribution < 1.29 is 23.7 Å². The molecule has 21 heavy (non-hydrogen) atoms. The van der Waals surface area contributed by atoms with Crippen LogP contribution in [0.4, 0.5) is 0 Å². The molecule has 0 radical (unpaired) electrons. The van der Waals surface area contributed by atoms with Gasteiger partial charge >= 0.3 is 5.97 Å². The molecule has 0 aliphatic carbocycles. The third-order valence-corrected chi connectivity index (χ3v) is 3.26. The van der Waals surface area contributed by atoms with Crippen molar-refractivity contribution in [2.24, 2.45) is 0 Å². The molecule has 0 aromatic heterocycles. The molecule has 1 aliphatic heterocycles. The number of methoxy groups -OCH3 is 2. The Morgan fingerprint density at radius 3 is 2.67 bits per heavy atom. The number of ether oxygens (including phenoxy) is 4. The van der Waals surface area contributed by atoms with Crippen LogP contribution in [0.25, 0.3) is 5.57 Å². The molecule has 0 saturated carbocycles. The maximum absolute atomic E-state index is 12.3. The van der Waals surface area contributed by atoms with E-state index in [4.69, 9.17) is 18.9 Å². The summed E-state index contributed by atoms with van der Waals surface area (Å²) >= 11 is 0. The number of carbonyl (C=O) groups excluding carboxylic acids is 1. The fraction of sp³-hybridized carbons (Fsp3) is 0.438. The first-order valence-electron chi connectivity index (χ1n) is 6.96. The number of rotatable bonds is 5. The third kappa shape index (κ3) is 3.29. The summed E-state index contributed by atoms with van der Waals surface area (Å²) in [6.45, 7) is 2.71. The summed E-state index contributed by atoms with van der Waals surface area (Å²) in [4.78, 5) is 12.3. The third-order valence-electron chi connectivity index (χ3n) is 3.26. The molecular formula is C16H20O5. The van der Waals surface area contributed by atoms with Gasteiger partial charge in [-0.1, -0.05) is 0 Å². The highest BCUT2D eigenvalue weighted by molar-refractivity contribution is 6.18. The van der Waals surface area contributed by atoms with Crippen molar-refractivity contribution in [3.8, 4) is 11.5 Å². The van der Waals surface area contributed by atoms with Crippen molar-refractivity contribution in [3.05, 3.63) is 29.5 Å². The van der Waals surface area contributed by atoms with E-state index in [-0.39, 0.29) is 0 Å². The molecule has 1 aromatic carbocycles. The second-order valence-electron chi connectivity index (χ2n) is 4.54. The minimum atomic E-state index is -0.391. The smallest absolute Gasteiger partial charge is 0.342 e. The Hall–Kier alpha value is -2.17.